The highest BCUT2D eigenvalue weighted by Crippen LogP contribution is 2.20. The average molecular weight is 365 g/mol. The Morgan fingerprint density at radius 3 is 2.72 bits per heavy atom. The Labute approximate surface area is 153 Å². The van der Waals surface area contributed by atoms with Crippen molar-refractivity contribution in [3.8, 4) is 5.88 Å². The van der Waals surface area contributed by atoms with Gasteiger partial charge in [-0.25, -0.2) is 0 Å². The van der Waals surface area contributed by atoms with Crippen LogP contribution in [0.1, 0.15) is 44.0 Å². The molecule has 6 heteroatoms. The monoisotopic (exact) mass is 364 g/mol. The fourth-order valence-electron chi connectivity index (χ4n) is 2.53. The lowest BCUT2D eigenvalue weighted by atomic mass is 10.1. The number of carbonyl (C=O) groups excluding carboxylic acids is 1. The number of aryl methyl sites for hydroxylation is 2. The van der Waals surface area contributed by atoms with Crippen LogP contribution in [0, 0.1) is 6.92 Å². The van der Waals surface area contributed by atoms with Gasteiger partial charge in [0, 0.05) is 16.8 Å². The first kappa shape index (κ1) is 19.3. The van der Waals surface area contributed by atoms with E-state index in [0.717, 1.165) is 16.8 Å². The second kappa shape index (κ2) is 8.90. The van der Waals surface area contributed by atoms with Crippen LogP contribution in [0.15, 0.2) is 24.3 Å². The minimum atomic E-state index is -0.204. The second-order valence-corrected chi connectivity index (χ2v) is 6.61. The Morgan fingerprint density at radius 1 is 1.32 bits per heavy atom. The van der Waals surface area contributed by atoms with E-state index in [1.54, 1.807) is 6.92 Å². The van der Waals surface area contributed by atoms with Crippen LogP contribution in [0.2, 0.25) is 5.02 Å². The standard InChI is InChI=1S/C19H25ClN2O3/c1-5-24-19(23)9-8-17-11-18(25-13(2)3)21-22(17)12-15-6-7-16(20)10-14(15)4/h6-7,10-11,13H,5,8-9,12H2,1-4H3. The van der Waals surface area contributed by atoms with Crippen LogP contribution < -0.4 is 4.74 Å². The van der Waals surface area contributed by atoms with E-state index in [1.165, 1.54) is 0 Å². The molecule has 0 aliphatic rings. The summed E-state index contributed by atoms with van der Waals surface area (Å²) in [6, 6.07) is 7.70. The largest absolute Gasteiger partial charge is 0.474 e. The van der Waals surface area contributed by atoms with Crippen molar-refractivity contribution >= 4 is 17.6 Å². The molecule has 2 aromatic rings. The number of rotatable bonds is 8. The molecule has 0 bridgehead atoms. The molecule has 0 spiro atoms. The summed E-state index contributed by atoms with van der Waals surface area (Å²) in [4.78, 5) is 11.7. The summed E-state index contributed by atoms with van der Waals surface area (Å²) in [6.07, 6.45) is 0.915. The zero-order chi connectivity index (χ0) is 18.4. The van der Waals surface area contributed by atoms with E-state index in [1.807, 2.05) is 49.7 Å². The molecule has 0 N–H and O–H groups in total. The molecule has 1 heterocycles. The molecule has 0 aliphatic carbocycles. The fourth-order valence-corrected chi connectivity index (χ4v) is 2.75. The second-order valence-electron chi connectivity index (χ2n) is 6.17. The van der Waals surface area contributed by atoms with Crippen molar-refractivity contribution in [2.75, 3.05) is 6.61 Å². The molecule has 5 nitrogen and oxygen atoms in total. The summed E-state index contributed by atoms with van der Waals surface area (Å²) in [5.74, 6) is 0.365. The highest BCUT2D eigenvalue weighted by molar-refractivity contribution is 6.30. The third kappa shape index (κ3) is 5.78. The van der Waals surface area contributed by atoms with E-state index in [4.69, 9.17) is 21.1 Å². The fraction of sp³-hybridized carbons (Fsp3) is 0.474. The summed E-state index contributed by atoms with van der Waals surface area (Å²) >= 11 is 6.03. The maximum atomic E-state index is 11.7. The number of halogens is 1. The van der Waals surface area contributed by atoms with Crippen LogP contribution in [-0.2, 0) is 22.5 Å². The van der Waals surface area contributed by atoms with Gasteiger partial charge in [0.05, 0.1) is 25.7 Å². The van der Waals surface area contributed by atoms with Gasteiger partial charge in [0.15, 0.2) is 0 Å². The van der Waals surface area contributed by atoms with Crippen LogP contribution >= 0.6 is 11.6 Å². The van der Waals surface area contributed by atoms with Crippen LogP contribution in [0.25, 0.3) is 0 Å². The van der Waals surface area contributed by atoms with Gasteiger partial charge in [-0.05, 0) is 57.4 Å². The number of hydrogen-bond acceptors (Lipinski definition) is 4. The van der Waals surface area contributed by atoms with Gasteiger partial charge in [0.25, 0.3) is 0 Å². The molecule has 0 radical (unpaired) electrons. The maximum Gasteiger partial charge on any atom is 0.306 e. The molecule has 0 saturated carbocycles. The van der Waals surface area contributed by atoms with Crippen LogP contribution in [0.4, 0.5) is 0 Å². The van der Waals surface area contributed by atoms with Gasteiger partial charge >= 0.3 is 5.97 Å². The molecule has 0 fully saturated rings. The first-order valence-corrected chi connectivity index (χ1v) is 8.90. The molecule has 1 aromatic heterocycles. The van der Waals surface area contributed by atoms with Crippen LogP contribution in [-0.4, -0.2) is 28.5 Å². The van der Waals surface area contributed by atoms with E-state index < -0.39 is 0 Å². The lowest BCUT2D eigenvalue weighted by Crippen LogP contribution is -2.11. The molecule has 0 amide bonds. The Balaban J connectivity index is 2.21. The topological polar surface area (TPSA) is 53.4 Å². The summed E-state index contributed by atoms with van der Waals surface area (Å²) in [5, 5.41) is 5.26. The van der Waals surface area contributed by atoms with Gasteiger partial charge in [-0.3, -0.25) is 9.48 Å². The third-order valence-corrected chi connectivity index (χ3v) is 3.95. The molecule has 0 saturated heterocycles. The first-order chi connectivity index (χ1) is 11.9. The highest BCUT2D eigenvalue weighted by Gasteiger charge is 2.13. The van der Waals surface area contributed by atoms with Gasteiger partial charge in [0.1, 0.15) is 0 Å². The van der Waals surface area contributed by atoms with Gasteiger partial charge in [-0.1, -0.05) is 17.7 Å². The SMILES string of the molecule is CCOC(=O)CCc1cc(OC(C)C)nn1Cc1ccc(Cl)cc1C. The molecule has 1 aromatic carbocycles. The van der Waals surface area contributed by atoms with Gasteiger partial charge < -0.3 is 9.47 Å². The average Bonchev–Trinajstić information content (AvgIpc) is 2.89. The Bertz CT molecular complexity index is 725. The molecule has 2 rings (SSSR count). The third-order valence-electron chi connectivity index (χ3n) is 3.71. The number of nitrogens with zero attached hydrogens (tertiary/aromatic N) is 2. The molecule has 0 unspecified atom stereocenters. The van der Waals surface area contributed by atoms with Gasteiger partial charge in [-0.2, -0.15) is 0 Å². The molecule has 0 aliphatic heterocycles. The number of ether oxygens (including phenoxy) is 2. The molecular formula is C19H25ClN2O3. The number of hydrogen-bond donors (Lipinski definition) is 0. The van der Waals surface area contributed by atoms with Crippen molar-refractivity contribution in [3.05, 3.63) is 46.1 Å². The number of aromatic nitrogens is 2. The Kier molecular flexibility index (Phi) is 6.88. The minimum Gasteiger partial charge on any atom is -0.474 e. The normalized spacial score (nSPS) is 11.0. The smallest absolute Gasteiger partial charge is 0.306 e. The van der Waals surface area contributed by atoms with Crippen molar-refractivity contribution < 1.29 is 14.3 Å². The summed E-state index contributed by atoms with van der Waals surface area (Å²) in [6.45, 7) is 8.74. The van der Waals surface area contributed by atoms with Crippen molar-refractivity contribution in [1.82, 2.24) is 9.78 Å². The first-order valence-electron chi connectivity index (χ1n) is 8.53. The lowest BCUT2D eigenvalue weighted by molar-refractivity contribution is -0.143. The Morgan fingerprint density at radius 2 is 2.08 bits per heavy atom. The predicted octanol–water partition coefficient (Wildman–Crippen LogP) is 4.18. The van der Waals surface area contributed by atoms with E-state index in [2.05, 4.69) is 5.10 Å². The number of carbonyl (C=O) groups is 1. The summed E-state index contributed by atoms with van der Waals surface area (Å²) < 4.78 is 12.6. The predicted molar refractivity (Wildman–Crippen MR) is 98.2 cm³/mol. The van der Waals surface area contributed by atoms with Crippen molar-refractivity contribution in [2.45, 2.75) is 53.2 Å². The number of esters is 1. The molecule has 25 heavy (non-hydrogen) atoms. The zero-order valence-electron chi connectivity index (χ0n) is 15.2. The van der Waals surface area contributed by atoms with Crippen LogP contribution in [0.5, 0.6) is 5.88 Å². The van der Waals surface area contributed by atoms with E-state index in [-0.39, 0.29) is 12.1 Å². The quantitative estimate of drug-likeness (QED) is 0.659. The van der Waals surface area contributed by atoms with Gasteiger partial charge in [0.2, 0.25) is 5.88 Å². The van der Waals surface area contributed by atoms with Crippen molar-refractivity contribution in [1.29, 1.82) is 0 Å². The van der Waals surface area contributed by atoms with Crippen LogP contribution in [0.3, 0.4) is 0 Å². The number of benzene rings is 1. The molecule has 0 atom stereocenters. The van der Waals surface area contributed by atoms with E-state index in [9.17, 15) is 4.79 Å². The molecule has 136 valence electrons. The van der Waals surface area contributed by atoms with Crippen molar-refractivity contribution in [3.63, 3.8) is 0 Å². The van der Waals surface area contributed by atoms with E-state index >= 15 is 0 Å². The molecular weight excluding hydrogens is 340 g/mol. The van der Waals surface area contributed by atoms with Gasteiger partial charge in [-0.15, -0.1) is 5.10 Å². The summed E-state index contributed by atoms with van der Waals surface area (Å²) in [5.41, 5.74) is 3.17. The Hall–Kier alpha value is -2.01. The van der Waals surface area contributed by atoms with Crippen molar-refractivity contribution in [2.24, 2.45) is 0 Å². The summed E-state index contributed by atoms with van der Waals surface area (Å²) in [7, 11) is 0. The maximum absolute atomic E-state index is 11.7. The highest BCUT2D eigenvalue weighted by atomic mass is 35.5. The van der Waals surface area contributed by atoms with E-state index in [0.29, 0.717) is 36.9 Å². The lowest BCUT2D eigenvalue weighted by Gasteiger charge is -2.10. The zero-order valence-corrected chi connectivity index (χ0v) is 16.0. The minimum absolute atomic E-state index is 0.0403.